The Morgan fingerprint density at radius 2 is 1.94 bits per heavy atom. The normalized spacial score (nSPS) is 13.8. The molecule has 1 aliphatic heterocycles. The molecule has 0 saturated carbocycles. The summed E-state index contributed by atoms with van der Waals surface area (Å²) in [5.74, 6) is 0.925. The van der Waals surface area contributed by atoms with E-state index in [1.165, 1.54) is 24.0 Å². The number of hydrogen-bond donors (Lipinski definition) is 0. The van der Waals surface area contributed by atoms with Crippen LogP contribution in [-0.4, -0.2) is 48.8 Å². The van der Waals surface area contributed by atoms with Crippen LogP contribution in [-0.2, 0) is 34.2 Å². The summed E-state index contributed by atoms with van der Waals surface area (Å²) >= 11 is 0. The predicted molar refractivity (Wildman–Crippen MR) is 126 cm³/mol. The molecule has 0 radical (unpaired) electrons. The van der Waals surface area contributed by atoms with Crippen LogP contribution in [0.1, 0.15) is 37.6 Å². The number of unbranched alkanes of at least 4 members (excludes halogenated alkanes) is 1. The number of carbonyl (C=O) groups excluding carboxylic acids is 1. The van der Waals surface area contributed by atoms with Gasteiger partial charge < -0.3 is 9.47 Å². The quantitative estimate of drug-likeness (QED) is 0.521. The molecule has 32 heavy (non-hydrogen) atoms. The van der Waals surface area contributed by atoms with Crippen LogP contribution in [0.5, 0.6) is 0 Å². The standard InChI is InChI=1S/C24H30N4O3S/c1-4-5-15-27-22-11-10-19(32(30,31)26(2)3)17-20(22)25-23(27)12-13-24(29)28-16-14-18-8-6-7-9-21(18)28/h6-11,17H,4-5,12-16H2,1-3H3. The van der Waals surface area contributed by atoms with Crippen LogP contribution in [0.4, 0.5) is 5.69 Å². The second-order valence-electron chi connectivity index (χ2n) is 8.40. The van der Waals surface area contributed by atoms with E-state index in [1.54, 1.807) is 12.1 Å². The van der Waals surface area contributed by atoms with E-state index < -0.39 is 10.0 Å². The van der Waals surface area contributed by atoms with Crippen LogP contribution in [0.3, 0.4) is 0 Å². The number of amides is 1. The fraction of sp³-hybridized carbons (Fsp3) is 0.417. The van der Waals surface area contributed by atoms with Crippen LogP contribution >= 0.6 is 0 Å². The van der Waals surface area contributed by atoms with Gasteiger partial charge in [-0.2, -0.15) is 0 Å². The lowest BCUT2D eigenvalue weighted by Gasteiger charge is -2.17. The highest BCUT2D eigenvalue weighted by molar-refractivity contribution is 7.89. The van der Waals surface area contributed by atoms with E-state index in [4.69, 9.17) is 4.98 Å². The third-order valence-corrected chi connectivity index (χ3v) is 7.87. The molecule has 1 aliphatic rings. The molecule has 3 aromatic rings. The van der Waals surface area contributed by atoms with Gasteiger partial charge in [-0.25, -0.2) is 17.7 Å². The highest BCUT2D eigenvalue weighted by Gasteiger charge is 2.25. The lowest BCUT2D eigenvalue weighted by Crippen LogP contribution is -2.29. The zero-order chi connectivity index (χ0) is 22.9. The fourth-order valence-electron chi connectivity index (χ4n) is 4.24. The molecule has 2 aromatic carbocycles. The zero-order valence-electron chi connectivity index (χ0n) is 18.9. The second-order valence-corrected chi connectivity index (χ2v) is 10.5. The Labute approximate surface area is 189 Å². The molecule has 0 unspecified atom stereocenters. The Morgan fingerprint density at radius 1 is 1.16 bits per heavy atom. The summed E-state index contributed by atoms with van der Waals surface area (Å²) in [6.45, 7) is 3.65. The first-order valence-electron chi connectivity index (χ1n) is 11.1. The largest absolute Gasteiger partial charge is 0.328 e. The first-order valence-corrected chi connectivity index (χ1v) is 12.6. The number of para-hydroxylation sites is 1. The molecule has 8 heteroatoms. The highest BCUT2D eigenvalue weighted by Crippen LogP contribution is 2.28. The number of fused-ring (bicyclic) bond motifs is 2. The maximum atomic E-state index is 13.0. The first kappa shape index (κ1) is 22.5. The molecule has 0 fully saturated rings. The van der Waals surface area contributed by atoms with Crippen molar-refractivity contribution in [3.05, 3.63) is 53.9 Å². The van der Waals surface area contributed by atoms with Gasteiger partial charge in [0.1, 0.15) is 5.82 Å². The van der Waals surface area contributed by atoms with Crippen molar-refractivity contribution in [2.45, 2.75) is 50.5 Å². The van der Waals surface area contributed by atoms with Gasteiger partial charge in [-0.15, -0.1) is 0 Å². The van der Waals surface area contributed by atoms with E-state index >= 15 is 0 Å². The average Bonchev–Trinajstić information content (AvgIpc) is 3.36. The second kappa shape index (κ2) is 9.03. The molecular weight excluding hydrogens is 424 g/mol. The molecular formula is C24H30N4O3S. The van der Waals surface area contributed by atoms with Crippen molar-refractivity contribution in [1.29, 1.82) is 0 Å². The number of hydrogen-bond acceptors (Lipinski definition) is 4. The van der Waals surface area contributed by atoms with E-state index in [1.807, 2.05) is 29.2 Å². The van der Waals surface area contributed by atoms with Crippen LogP contribution in [0, 0.1) is 0 Å². The Bertz CT molecular complexity index is 1250. The van der Waals surface area contributed by atoms with Gasteiger partial charge in [-0.3, -0.25) is 4.79 Å². The highest BCUT2D eigenvalue weighted by atomic mass is 32.2. The van der Waals surface area contributed by atoms with Crippen LogP contribution in [0.25, 0.3) is 11.0 Å². The van der Waals surface area contributed by atoms with Gasteiger partial charge in [0, 0.05) is 45.7 Å². The lowest BCUT2D eigenvalue weighted by atomic mass is 10.2. The third kappa shape index (κ3) is 4.17. The molecule has 0 saturated heterocycles. The van der Waals surface area contributed by atoms with Crippen molar-refractivity contribution in [3.63, 3.8) is 0 Å². The molecule has 1 amide bonds. The smallest absolute Gasteiger partial charge is 0.242 e. The van der Waals surface area contributed by atoms with E-state index in [0.29, 0.717) is 18.4 Å². The van der Waals surface area contributed by atoms with Gasteiger partial charge in [0.25, 0.3) is 0 Å². The van der Waals surface area contributed by atoms with E-state index in [-0.39, 0.29) is 10.8 Å². The van der Waals surface area contributed by atoms with Gasteiger partial charge >= 0.3 is 0 Å². The number of sulfonamides is 1. The minimum Gasteiger partial charge on any atom is -0.328 e. The first-order chi connectivity index (χ1) is 15.3. The zero-order valence-corrected chi connectivity index (χ0v) is 19.7. The van der Waals surface area contributed by atoms with E-state index in [9.17, 15) is 13.2 Å². The molecule has 7 nitrogen and oxygen atoms in total. The minimum absolute atomic E-state index is 0.0972. The summed E-state index contributed by atoms with van der Waals surface area (Å²) in [5.41, 5.74) is 3.78. The van der Waals surface area contributed by atoms with Crippen molar-refractivity contribution in [3.8, 4) is 0 Å². The molecule has 2 heterocycles. The SMILES string of the molecule is CCCCn1c(CCC(=O)N2CCc3ccccc32)nc2cc(S(=O)(=O)N(C)C)ccc21. The fourth-order valence-corrected chi connectivity index (χ4v) is 5.16. The monoisotopic (exact) mass is 454 g/mol. The molecule has 0 spiro atoms. The van der Waals surface area contributed by atoms with Crippen molar-refractivity contribution in [1.82, 2.24) is 13.9 Å². The Balaban J connectivity index is 1.60. The Kier molecular flexibility index (Phi) is 6.35. The predicted octanol–water partition coefficient (Wildman–Crippen LogP) is 3.61. The summed E-state index contributed by atoms with van der Waals surface area (Å²) in [7, 11) is -0.489. The lowest BCUT2D eigenvalue weighted by molar-refractivity contribution is -0.118. The van der Waals surface area contributed by atoms with Crippen LogP contribution in [0.2, 0.25) is 0 Å². The number of rotatable bonds is 8. The number of benzene rings is 2. The van der Waals surface area contributed by atoms with Crippen molar-refractivity contribution in [2.75, 3.05) is 25.5 Å². The topological polar surface area (TPSA) is 75.5 Å². The van der Waals surface area contributed by atoms with Gasteiger partial charge in [-0.05, 0) is 42.7 Å². The van der Waals surface area contributed by atoms with Crippen molar-refractivity contribution in [2.24, 2.45) is 0 Å². The average molecular weight is 455 g/mol. The van der Waals surface area contributed by atoms with Gasteiger partial charge in [-0.1, -0.05) is 31.5 Å². The molecule has 1 aromatic heterocycles. The summed E-state index contributed by atoms with van der Waals surface area (Å²) < 4.78 is 28.4. The number of imidazole rings is 1. The van der Waals surface area contributed by atoms with Gasteiger partial charge in [0.05, 0.1) is 15.9 Å². The summed E-state index contributed by atoms with van der Waals surface area (Å²) in [4.78, 5) is 19.8. The Hall–Kier alpha value is -2.71. The van der Waals surface area contributed by atoms with Gasteiger partial charge in [0.2, 0.25) is 15.9 Å². The summed E-state index contributed by atoms with van der Waals surface area (Å²) in [5, 5.41) is 0. The molecule has 0 bridgehead atoms. The van der Waals surface area contributed by atoms with Crippen molar-refractivity contribution >= 4 is 32.7 Å². The number of aromatic nitrogens is 2. The summed E-state index contributed by atoms with van der Waals surface area (Å²) in [6.07, 6.45) is 3.80. The van der Waals surface area contributed by atoms with Crippen molar-refractivity contribution < 1.29 is 13.2 Å². The maximum absolute atomic E-state index is 13.0. The maximum Gasteiger partial charge on any atom is 0.242 e. The number of aryl methyl sites for hydroxylation is 2. The number of nitrogens with zero attached hydrogens (tertiary/aromatic N) is 4. The third-order valence-electron chi connectivity index (χ3n) is 6.06. The number of anilines is 1. The molecule has 4 rings (SSSR count). The van der Waals surface area contributed by atoms with Gasteiger partial charge in [0.15, 0.2) is 0 Å². The molecule has 0 N–H and O–H groups in total. The summed E-state index contributed by atoms with van der Waals surface area (Å²) in [6, 6.07) is 13.2. The van der Waals surface area contributed by atoms with Crippen LogP contribution in [0.15, 0.2) is 47.4 Å². The Morgan fingerprint density at radius 3 is 2.69 bits per heavy atom. The van der Waals surface area contributed by atoms with E-state index in [0.717, 1.165) is 49.4 Å². The van der Waals surface area contributed by atoms with Crippen LogP contribution < -0.4 is 4.90 Å². The molecule has 0 atom stereocenters. The molecule has 170 valence electrons. The minimum atomic E-state index is -3.53. The number of carbonyl (C=O) groups is 1. The van der Waals surface area contributed by atoms with E-state index in [2.05, 4.69) is 17.6 Å². The molecule has 0 aliphatic carbocycles.